The number of rotatable bonds is 45. The summed E-state index contributed by atoms with van der Waals surface area (Å²) >= 11 is 0. The van der Waals surface area contributed by atoms with E-state index in [1.54, 1.807) is 6.08 Å². The fraction of sp³-hybridized carbons (Fsp3) is 0.877. The van der Waals surface area contributed by atoms with Crippen molar-refractivity contribution >= 4 is 5.91 Å². The molecule has 0 spiro atoms. The zero-order valence-corrected chi connectivity index (χ0v) is 44.5. The van der Waals surface area contributed by atoms with Crippen LogP contribution in [-0.4, -0.2) is 140 Å². The highest BCUT2D eigenvalue weighted by Crippen LogP contribution is 2.30. The highest BCUT2D eigenvalue weighted by atomic mass is 16.7. The third kappa shape index (κ3) is 29.8. The molecule has 2 rings (SSSR count). The lowest BCUT2D eigenvalue weighted by molar-refractivity contribution is -0.359. The largest absolute Gasteiger partial charge is 0.394 e. The molecule has 0 aromatic carbocycles. The summed E-state index contributed by atoms with van der Waals surface area (Å²) in [7, 11) is 0. The summed E-state index contributed by atoms with van der Waals surface area (Å²) in [6, 6.07) is -0.934. The number of ether oxygens (including phenoxy) is 4. The molecule has 9 N–H and O–H groups in total. The van der Waals surface area contributed by atoms with Crippen LogP contribution in [0.4, 0.5) is 0 Å². The van der Waals surface area contributed by atoms with Crippen molar-refractivity contribution in [2.24, 2.45) is 0 Å². The molecule has 0 aromatic rings. The van der Waals surface area contributed by atoms with Gasteiger partial charge in [0.25, 0.3) is 0 Å². The summed E-state index contributed by atoms with van der Waals surface area (Å²) < 4.78 is 22.7. The van der Waals surface area contributed by atoms with E-state index in [4.69, 9.17) is 18.9 Å². The summed E-state index contributed by atoms with van der Waals surface area (Å²) in [5.41, 5.74) is 0. The molecular weight excluding hydrogens is 907 g/mol. The van der Waals surface area contributed by atoms with Crippen LogP contribution in [0.3, 0.4) is 0 Å². The van der Waals surface area contributed by atoms with Crippen LogP contribution in [0.5, 0.6) is 0 Å². The molecule has 14 nitrogen and oxygen atoms in total. The molecule has 0 radical (unpaired) electrons. The zero-order chi connectivity index (χ0) is 51.7. The van der Waals surface area contributed by atoms with Crippen molar-refractivity contribution in [2.45, 2.75) is 299 Å². The predicted molar refractivity (Wildman–Crippen MR) is 281 cm³/mol. The Balaban J connectivity index is 1.72. The monoisotopic (exact) mass is 1010 g/mol. The van der Waals surface area contributed by atoms with Crippen molar-refractivity contribution in [3.63, 3.8) is 0 Å². The van der Waals surface area contributed by atoms with Crippen molar-refractivity contribution in [3.8, 4) is 0 Å². The van der Waals surface area contributed by atoms with Crippen LogP contribution in [0.1, 0.15) is 226 Å². The number of aliphatic hydroxyl groups excluding tert-OH is 8. The molecule has 1 amide bonds. The van der Waals surface area contributed by atoms with Gasteiger partial charge in [-0.1, -0.05) is 217 Å². The van der Waals surface area contributed by atoms with Gasteiger partial charge in [-0.25, -0.2) is 0 Å². The van der Waals surface area contributed by atoms with Gasteiger partial charge in [-0.2, -0.15) is 0 Å². The first kappa shape index (κ1) is 65.3. The minimum Gasteiger partial charge on any atom is -0.394 e. The van der Waals surface area contributed by atoms with Crippen LogP contribution < -0.4 is 5.32 Å². The Morgan fingerprint density at radius 3 is 1.37 bits per heavy atom. The van der Waals surface area contributed by atoms with Gasteiger partial charge in [-0.3, -0.25) is 4.79 Å². The second kappa shape index (κ2) is 43.4. The maximum atomic E-state index is 13.2. The summed E-state index contributed by atoms with van der Waals surface area (Å²) in [5, 5.41) is 86.8. The van der Waals surface area contributed by atoms with Gasteiger partial charge in [0.15, 0.2) is 12.6 Å². The standard InChI is InChI=1S/C57H105NO13/c1-3-5-7-9-11-13-15-17-18-19-20-21-22-23-24-25-26-27-28-29-31-33-35-37-39-41-49(62)58-45(46(61)40-38-36-34-32-30-16-14-12-10-8-6-4-2)44-68-56-54(67)52(65)55(48(43-60)70-56)71-57-53(66)51(64)50(63)47(42-59)69-57/h10,12,30,32,38,40,45-48,50-57,59-61,63-67H,3-9,11,13-29,31,33-37,39,41-44H2,1-2H3,(H,58,62)/b12-10+,32-30+,40-38+. The Morgan fingerprint density at radius 1 is 0.493 bits per heavy atom. The number of amides is 1. The van der Waals surface area contributed by atoms with E-state index in [1.165, 1.54) is 148 Å². The Bertz CT molecular complexity index is 1330. The Morgan fingerprint density at radius 2 is 0.901 bits per heavy atom. The smallest absolute Gasteiger partial charge is 0.220 e. The Labute approximate surface area is 430 Å². The number of carbonyl (C=O) groups excluding carboxylic acids is 1. The lowest BCUT2D eigenvalue weighted by atomic mass is 9.97. The van der Waals surface area contributed by atoms with Gasteiger partial charge in [0, 0.05) is 6.42 Å². The second-order valence-electron chi connectivity index (χ2n) is 20.4. The Kier molecular flexibility index (Phi) is 40.0. The van der Waals surface area contributed by atoms with Crippen LogP contribution >= 0.6 is 0 Å². The predicted octanol–water partition coefficient (Wildman–Crippen LogP) is 9.05. The van der Waals surface area contributed by atoms with Gasteiger partial charge < -0.3 is 65.1 Å². The number of nitrogens with one attached hydrogen (secondary N) is 1. The van der Waals surface area contributed by atoms with Crippen molar-refractivity contribution < 1.29 is 64.6 Å². The second-order valence-corrected chi connectivity index (χ2v) is 20.4. The minimum absolute atomic E-state index is 0.252. The molecule has 0 aliphatic carbocycles. The molecule has 71 heavy (non-hydrogen) atoms. The fourth-order valence-corrected chi connectivity index (χ4v) is 9.37. The molecule has 2 heterocycles. The molecule has 416 valence electrons. The van der Waals surface area contributed by atoms with Crippen molar-refractivity contribution in [1.82, 2.24) is 5.32 Å². The van der Waals surface area contributed by atoms with Crippen molar-refractivity contribution in [2.75, 3.05) is 19.8 Å². The highest BCUT2D eigenvalue weighted by molar-refractivity contribution is 5.76. The molecule has 2 saturated heterocycles. The molecule has 2 fully saturated rings. The fourth-order valence-electron chi connectivity index (χ4n) is 9.37. The molecule has 12 atom stereocenters. The van der Waals surface area contributed by atoms with Gasteiger partial charge in [-0.15, -0.1) is 0 Å². The molecule has 2 aliphatic rings. The molecule has 2 aliphatic heterocycles. The molecule has 0 saturated carbocycles. The number of hydrogen-bond acceptors (Lipinski definition) is 13. The van der Waals surface area contributed by atoms with Crippen LogP contribution in [-0.2, 0) is 23.7 Å². The van der Waals surface area contributed by atoms with Crippen LogP contribution in [0.25, 0.3) is 0 Å². The van der Waals surface area contributed by atoms with E-state index in [0.29, 0.717) is 12.8 Å². The number of carbonyl (C=O) groups is 1. The molecule has 0 aromatic heterocycles. The van der Waals surface area contributed by atoms with Gasteiger partial charge in [0.2, 0.25) is 5.91 Å². The van der Waals surface area contributed by atoms with E-state index in [2.05, 4.69) is 43.5 Å². The first-order chi connectivity index (χ1) is 34.6. The van der Waals surface area contributed by atoms with E-state index in [1.807, 2.05) is 6.08 Å². The van der Waals surface area contributed by atoms with Crippen LogP contribution in [0.15, 0.2) is 36.5 Å². The number of hydrogen-bond donors (Lipinski definition) is 9. The average Bonchev–Trinajstić information content (AvgIpc) is 3.37. The molecule has 14 heteroatoms. The van der Waals surface area contributed by atoms with Gasteiger partial charge in [-0.05, 0) is 38.5 Å². The van der Waals surface area contributed by atoms with Crippen LogP contribution in [0.2, 0.25) is 0 Å². The maximum Gasteiger partial charge on any atom is 0.220 e. The third-order valence-corrected chi connectivity index (χ3v) is 14.1. The zero-order valence-electron chi connectivity index (χ0n) is 44.5. The third-order valence-electron chi connectivity index (χ3n) is 14.1. The van der Waals surface area contributed by atoms with E-state index < -0.39 is 86.8 Å². The Hall–Kier alpha value is -1.79. The van der Waals surface area contributed by atoms with Gasteiger partial charge >= 0.3 is 0 Å². The number of unbranched alkanes of at least 4 members (excludes halogenated alkanes) is 28. The first-order valence-electron chi connectivity index (χ1n) is 28.7. The lowest BCUT2D eigenvalue weighted by Crippen LogP contribution is -2.65. The number of allylic oxidation sites excluding steroid dienone is 5. The molecule has 12 unspecified atom stereocenters. The topological polar surface area (TPSA) is 228 Å². The lowest BCUT2D eigenvalue weighted by Gasteiger charge is -2.46. The van der Waals surface area contributed by atoms with Crippen molar-refractivity contribution in [3.05, 3.63) is 36.5 Å². The number of aliphatic hydroxyl groups is 8. The van der Waals surface area contributed by atoms with E-state index >= 15 is 0 Å². The summed E-state index contributed by atoms with van der Waals surface area (Å²) in [5.74, 6) is -0.252. The average molecular weight is 1010 g/mol. The van der Waals surface area contributed by atoms with E-state index in [9.17, 15) is 45.6 Å². The normalized spacial score (nSPS) is 26.0. The van der Waals surface area contributed by atoms with Crippen LogP contribution in [0, 0.1) is 0 Å². The first-order valence-corrected chi connectivity index (χ1v) is 28.7. The molecule has 0 bridgehead atoms. The van der Waals surface area contributed by atoms with E-state index in [-0.39, 0.29) is 18.9 Å². The van der Waals surface area contributed by atoms with Gasteiger partial charge in [0.05, 0.1) is 32.0 Å². The van der Waals surface area contributed by atoms with E-state index in [0.717, 1.165) is 44.9 Å². The minimum atomic E-state index is -1.79. The summed E-state index contributed by atoms with van der Waals surface area (Å²) in [6.45, 7) is 2.73. The van der Waals surface area contributed by atoms with Crippen molar-refractivity contribution in [1.29, 1.82) is 0 Å². The molecular formula is C57H105NO13. The highest BCUT2D eigenvalue weighted by Gasteiger charge is 2.51. The maximum absolute atomic E-state index is 13.2. The van der Waals surface area contributed by atoms with Gasteiger partial charge in [0.1, 0.15) is 48.8 Å². The summed E-state index contributed by atoms with van der Waals surface area (Å²) in [4.78, 5) is 13.2. The quantitative estimate of drug-likeness (QED) is 0.0205. The SMILES string of the molecule is CCCC/C=C/CC/C=C/CC/C=C/C(O)C(COC1OC(CO)C(OC2OC(CO)C(O)C(O)C2O)C(O)C1O)NC(=O)CCCCCCCCCCCCCCCCCCCCCCCCCCC. The summed E-state index contributed by atoms with van der Waals surface area (Å²) in [6.07, 6.45) is 34.9.